The van der Waals surface area contributed by atoms with Crippen molar-refractivity contribution in [3.63, 3.8) is 0 Å². The summed E-state index contributed by atoms with van der Waals surface area (Å²) in [6.45, 7) is 4.20. The van der Waals surface area contributed by atoms with Gasteiger partial charge in [-0.05, 0) is 24.7 Å². The number of aromatic nitrogens is 2. The van der Waals surface area contributed by atoms with Gasteiger partial charge in [-0.1, -0.05) is 46.0 Å². The summed E-state index contributed by atoms with van der Waals surface area (Å²) >= 11 is 0. The van der Waals surface area contributed by atoms with Crippen LogP contribution in [0.1, 0.15) is 76.8 Å². The molecule has 0 aromatic carbocycles. The molecule has 0 bridgehead atoms. The maximum Gasteiger partial charge on any atom is 0.225 e. The van der Waals surface area contributed by atoms with Crippen molar-refractivity contribution >= 4 is 11.7 Å². The monoisotopic (exact) mass is 277 g/mol. The molecule has 0 spiro atoms. The molecule has 1 aliphatic carbocycles. The van der Waals surface area contributed by atoms with E-state index in [-0.39, 0.29) is 5.91 Å². The second-order valence-electron chi connectivity index (χ2n) is 6.31. The normalized spacial score (nSPS) is 16.6. The average Bonchev–Trinajstić information content (AvgIpc) is 2.88. The molecule has 20 heavy (non-hydrogen) atoms. The molecular weight excluding hydrogens is 250 g/mol. The summed E-state index contributed by atoms with van der Waals surface area (Å²) in [7, 11) is 0. The molecule has 1 saturated carbocycles. The van der Waals surface area contributed by atoms with E-state index < -0.39 is 0 Å². The maximum absolute atomic E-state index is 11.9. The van der Waals surface area contributed by atoms with Gasteiger partial charge in [0.25, 0.3) is 0 Å². The van der Waals surface area contributed by atoms with E-state index in [2.05, 4.69) is 29.4 Å². The van der Waals surface area contributed by atoms with Crippen LogP contribution in [0.5, 0.6) is 0 Å². The highest BCUT2D eigenvalue weighted by molar-refractivity contribution is 5.89. The average molecular weight is 277 g/mol. The first-order chi connectivity index (χ1) is 9.65. The van der Waals surface area contributed by atoms with Crippen LogP contribution in [0.15, 0.2) is 6.07 Å². The molecular formula is C16H27N3O. The van der Waals surface area contributed by atoms with E-state index in [9.17, 15) is 4.79 Å². The van der Waals surface area contributed by atoms with E-state index in [0.717, 1.165) is 18.0 Å². The minimum absolute atomic E-state index is 0.0858. The lowest BCUT2D eigenvalue weighted by Crippen LogP contribution is -2.13. The number of amides is 1. The number of hydrogen-bond acceptors (Lipinski definition) is 2. The van der Waals surface area contributed by atoms with Gasteiger partial charge in [0.15, 0.2) is 5.82 Å². The topological polar surface area (TPSA) is 57.8 Å². The second kappa shape index (κ2) is 7.46. The van der Waals surface area contributed by atoms with Crippen LogP contribution in [-0.4, -0.2) is 16.1 Å². The molecule has 0 aliphatic heterocycles. The summed E-state index contributed by atoms with van der Waals surface area (Å²) in [5.74, 6) is 1.99. The molecule has 1 fully saturated rings. The highest BCUT2D eigenvalue weighted by Crippen LogP contribution is 2.27. The first-order valence-electron chi connectivity index (χ1n) is 8.00. The van der Waals surface area contributed by atoms with Crippen molar-refractivity contribution in [1.82, 2.24) is 10.2 Å². The molecule has 1 aromatic rings. The number of nitrogens with zero attached hydrogens (tertiary/aromatic N) is 1. The fourth-order valence-electron chi connectivity index (χ4n) is 2.93. The Morgan fingerprint density at radius 1 is 1.40 bits per heavy atom. The summed E-state index contributed by atoms with van der Waals surface area (Å²) in [4.78, 5) is 11.9. The molecule has 4 nitrogen and oxygen atoms in total. The molecule has 4 heteroatoms. The van der Waals surface area contributed by atoms with E-state index in [4.69, 9.17) is 0 Å². The standard InChI is InChI=1S/C16H27N3O/c1-12(2)14-11-15(19-18-14)17-16(20)10-6-9-13-7-4-3-5-8-13/h11-13H,3-10H2,1-2H3,(H2,17,18,19,20). The highest BCUT2D eigenvalue weighted by Gasteiger charge is 2.14. The van der Waals surface area contributed by atoms with Crippen LogP contribution >= 0.6 is 0 Å². The van der Waals surface area contributed by atoms with Crippen molar-refractivity contribution in [2.24, 2.45) is 5.92 Å². The Morgan fingerprint density at radius 2 is 2.15 bits per heavy atom. The molecule has 1 aromatic heterocycles. The smallest absolute Gasteiger partial charge is 0.225 e. The highest BCUT2D eigenvalue weighted by atomic mass is 16.1. The van der Waals surface area contributed by atoms with Crippen molar-refractivity contribution in [1.29, 1.82) is 0 Å². The number of carbonyl (C=O) groups excluding carboxylic acids is 1. The van der Waals surface area contributed by atoms with E-state index in [1.54, 1.807) is 0 Å². The van der Waals surface area contributed by atoms with Gasteiger partial charge in [-0.3, -0.25) is 9.89 Å². The van der Waals surface area contributed by atoms with Crippen LogP contribution in [0.25, 0.3) is 0 Å². The van der Waals surface area contributed by atoms with Crippen LogP contribution in [0.4, 0.5) is 5.82 Å². The van der Waals surface area contributed by atoms with Gasteiger partial charge in [-0.25, -0.2) is 0 Å². The van der Waals surface area contributed by atoms with Crippen molar-refractivity contribution in [3.8, 4) is 0 Å². The van der Waals surface area contributed by atoms with Crippen molar-refractivity contribution in [2.45, 2.75) is 71.1 Å². The van der Waals surface area contributed by atoms with E-state index in [1.165, 1.54) is 38.5 Å². The van der Waals surface area contributed by atoms with Gasteiger partial charge in [-0.15, -0.1) is 0 Å². The zero-order valence-corrected chi connectivity index (χ0v) is 12.7. The minimum atomic E-state index is 0.0858. The Kier molecular flexibility index (Phi) is 5.62. The van der Waals surface area contributed by atoms with E-state index in [0.29, 0.717) is 18.2 Å². The van der Waals surface area contributed by atoms with Crippen LogP contribution in [0.2, 0.25) is 0 Å². The van der Waals surface area contributed by atoms with Crippen LogP contribution in [0.3, 0.4) is 0 Å². The quantitative estimate of drug-likeness (QED) is 0.817. The van der Waals surface area contributed by atoms with Gasteiger partial charge in [0, 0.05) is 18.2 Å². The summed E-state index contributed by atoms with van der Waals surface area (Å²) in [6, 6.07) is 1.92. The maximum atomic E-state index is 11.9. The van der Waals surface area contributed by atoms with Gasteiger partial charge in [0.2, 0.25) is 5.91 Å². The molecule has 1 amide bonds. The molecule has 0 unspecified atom stereocenters. The lowest BCUT2D eigenvalue weighted by molar-refractivity contribution is -0.116. The van der Waals surface area contributed by atoms with Crippen molar-refractivity contribution in [3.05, 3.63) is 11.8 Å². The Hall–Kier alpha value is -1.32. The molecule has 1 aliphatic rings. The Balaban J connectivity index is 1.66. The molecule has 112 valence electrons. The van der Waals surface area contributed by atoms with Crippen molar-refractivity contribution < 1.29 is 4.79 Å². The predicted molar refractivity (Wildman–Crippen MR) is 81.7 cm³/mol. The zero-order chi connectivity index (χ0) is 14.4. The number of H-pyrrole nitrogens is 1. The summed E-state index contributed by atoms with van der Waals surface area (Å²) < 4.78 is 0. The second-order valence-corrected chi connectivity index (χ2v) is 6.31. The Bertz CT molecular complexity index is 419. The number of hydrogen-bond donors (Lipinski definition) is 2. The van der Waals surface area contributed by atoms with E-state index >= 15 is 0 Å². The van der Waals surface area contributed by atoms with Gasteiger partial charge in [-0.2, -0.15) is 5.10 Å². The summed E-state index contributed by atoms with van der Waals surface area (Å²) in [5.41, 5.74) is 1.06. The minimum Gasteiger partial charge on any atom is -0.309 e. The van der Waals surface area contributed by atoms with Crippen LogP contribution in [0, 0.1) is 5.92 Å². The number of rotatable bonds is 6. The molecule has 2 N–H and O–H groups in total. The third-order valence-electron chi connectivity index (χ3n) is 4.23. The van der Waals surface area contributed by atoms with Gasteiger partial charge >= 0.3 is 0 Å². The zero-order valence-electron chi connectivity index (χ0n) is 12.7. The van der Waals surface area contributed by atoms with Crippen LogP contribution in [-0.2, 0) is 4.79 Å². The van der Waals surface area contributed by atoms with Gasteiger partial charge in [0.1, 0.15) is 0 Å². The summed E-state index contributed by atoms with van der Waals surface area (Å²) in [6.07, 6.45) is 9.68. The number of nitrogens with one attached hydrogen (secondary N) is 2. The number of carbonyl (C=O) groups is 1. The van der Waals surface area contributed by atoms with Crippen molar-refractivity contribution in [2.75, 3.05) is 5.32 Å². The molecule has 2 rings (SSSR count). The lowest BCUT2D eigenvalue weighted by Gasteiger charge is -2.20. The summed E-state index contributed by atoms with van der Waals surface area (Å²) in [5, 5.41) is 9.95. The van der Waals surface area contributed by atoms with Crippen LogP contribution < -0.4 is 5.32 Å². The SMILES string of the molecule is CC(C)c1cc(NC(=O)CCCC2CCCCC2)n[nH]1. The molecule has 0 saturated heterocycles. The van der Waals surface area contributed by atoms with Gasteiger partial charge in [0.05, 0.1) is 0 Å². The lowest BCUT2D eigenvalue weighted by atomic mass is 9.86. The molecule has 0 atom stereocenters. The first kappa shape index (κ1) is 15.1. The third kappa shape index (κ3) is 4.66. The molecule has 1 heterocycles. The third-order valence-corrected chi connectivity index (χ3v) is 4.23. The number of aromatic amines is 1. The fourth-order valence-corrected chi connectivity index (χ4v) is 2.93. The Morgan fingerprint density at radius 3 is 2.80 bits per heavy atom. The van der Waals surface area contributed by atoms with E-state index in [1.807, 2.05) is 6.07 Å². The largest absolute Gasteiger partial charge is 0.309 e. The predicted octanol–water partition coefficient (Wildman–Crippen LogP) is 4.22. The molecule has 0 radical (unpaired) electrons. The fraction of sp³-hybridized carbons (Fsp3) is 0.750. The van der Waals surface area contributed by atoms with Gasteiger partial charge < -0.3 is 5.32 Å². The Labute approximate surface area is 121 Å². The first-order valence-corrected chi connectivity index (χ1v) is 8.00. The number of anilines is 1.